The van der Waals surface area contributed by atoms with Crippen LogP contribution in [0.2, 0.25) is 5.02 Å². The van der Waals surface area contributed by atoms with Crippen LogP contribution in [0.15, 0.2) is 72.8 Å². The molecule has 0 aliphatic rings. The molecule has 0 fully saturated rings. The van der Waals surface area contributed by atoms with Crippen molar-refractivity contribution in [3.05, 3.63) is 100 Å². The highest BCUT2D eigenvalue weighted by atomic mass is 35.5. The zero-order valence-corrected chi connectivity index (χ0v) is 18.2. The van der Waals surface area contributed by atoms with E-state index in [-0.39, 0.29) is 18.3 Å². The van der Waals surface area contributed by atoms with Crippen molar-refractivity contribution in [1.82, 2.24) is 0 Å². The molecule has 1 amide bonds. The Morgan fingerprint density at radius 3 is 2.34 bits per heavy atom. The van der Waals surface area contributed by atoms with Crippen LogP contribution in [0.25, 0.3) is 0 Å². The Morgan fingerprint density at radius 1 is 0.966 bits per heavy atom. The van der Waals surface area contributed by atoms with Crippen molar-refractivity contribution in [2.24, 2.45) is 5.73 Å². The summed E-state index contributed by atoms with van der Waals surface area (Å²) in [5.41, 5.74) is 11.4. The molecule has 0 heterocycles. The zero-order valence-electron chi connectivity index (χ0n) is 16.6. The summed E-state index contributed by atoms with van der Waals surface area (Å²) in [5, 5.41) is 0.697. The lowest BCUT2D eigenvalue weighted by Gasteiger charge is -2.27. The van der Waals surface area contributed by atoms with Crippen LogP contribution in [0.1, 0.15) is 28.3 Å². The van der Waals surface area contributed by atoms with Gasteiger partial charge >= 0.3 is 0 Å². The maximum Gasteiger partial charge on any atom is 0.248 e. The van der Waals surface area contributed by atoms with Crippen molar-refractivity contribution >= 4 is 35.6 Å². The van der Waals surface area contributed by atoms with Crippen molar-refractivity contribution in [1.29, 1.82) is 0 Å². The zero-order chi connectivity index (χ0) is 20.1. The fraction of sp³-hybridized carbons (Fsp3) is 0.208. The van der Waals surface area contributed by atoms with Crippen LogP contribution in [0, 0.1) is 13.8 Å². The van der Waals surface area contributed by atoms with E-state index in [1.807, 2.05) is 72.8 Å². The van der Waals surface area contributed by atoms with Gasteiger partial charge in [-0.1, -0.05) is 60.1 Å². The number of benzene rings is 3. The van der Waals surface area contributed by atoms with Gasteiger partial charge in [0.1, 0.15) is 6.04 Å². The van der Waals surface area contributed by atoms with Crippen molar-refractivity contribution in [2.75, 3.05) is 11.4 Å². The molecule has 0 aliphatic carbocycles. The lowest BCUT2D eigenvalue weighted by atomic mass is 10.0. The number of aryl methyl sites for hydroxylation is 2. The number of carbonyl (C=O) groups excluding carboxylic acids is 1. The number of halogens is 2. The van der Waals surface area contributed by atoms with E-state index in [0.29, 0.717) is 18.0 Å². The maximum absolute atomic E-state index is 13.3. The van der Waals surface area contributed by atoms with Crippen LogP contribution in [0.3, 0.4) is 0 Å². The summed E-state index contributed by atoms with van der Waals surface area (Å²) in [6, 6.07) is 22.6. The molecule has 0 saturated carbocycles. The van der Waals surface area contributed by atoms with Crippen LogP contribution < -0.4 is 10.6 Å². The summed E-state index contributed by atoms with van der Waals surface area (Å²) in [7, 11) is 0. The molecular formula is C24H26Cl2N2O. The highest BCUT2D eigenvalue weighted by molar-refractivity contribution is 6.30. The van der Waals surface area contributed by atoms with E-state index in [4.69, 9.17) is 17.3 Å². The molecule has 3 aromatic rings. The Morgan fingerprint density at radius 2 is 1.69 bits per heavy atom. The SMILES string of the molecule is Cc1ccc(N(CCc2cccc(Cl)c2)C(=O)C(N)c2ccccc2)cc1C.Cl. The van der Waals surface area contributed by atoms with Crippen LogP contribution in [-0.4, -0.2) is 12.5 Å². The van der Waals surface area contributed by atoms with E-state index in [1.165, 1.54) is 5.56 Å². The summed E-state index contributed by atoms with van der Waals surface area (Å²) >= 11 is 6.11. The largest absolute Gasteiger partial charge is 0.316 e. The predicted octanol–water partition coefficient (Wildman–Crippen LogP) is 5.65. The van der Waals surface area contributed by atoms with E-state index in [2.05, 4.69) is 13.8 Å². The summed E-state index contributed by atoms with van der Waals surface area (Å²) in [6.07, 6.45) is 0.695. The molecule has 0 radical (unpaired) electrons. The third kappa shape index (κ3) is 5.83. The highest BCUT2D eigenvalue weighted by Crippen LogP contribution is 2.23. The first-order valence-corrected chi connectivity index (χ1v) is 9.77. The fourth-order valence-corrected chi connectivity index (χ4v) is 3.38. The standard InChI is InChI=1S/C24H25ClN2O.ClH/c1-17-11-12-22(15-18(17)2)27(14-13-19-7-6-10-21(25)16-19)24(28)23(26)20-8-4-3-5-9-20;/h3-12,15-16,23H,13-14,26H2,1-2H3;1H. The first-order chi connectivity index (χ1) is 13.5. The van der Waals surface area contributed by atoms with Crippen molar-refractivity contribution < 1.29 is 4.79 Å². The van der Waals surface area contributed by atoms with Gasteiger partial charge in [0.15, 0.2) is 0 Å². The fourth-order valence-electron chi connectivity index (χ4n) is 3.16. The average molecular weight is 429 g/mol. The van der Waals surface area contributed by atoms with Crippen LogP contribution in [0.4, 0.5) is 5.69 Å². The van der Waals surface area contributed by atoms with E-state index >= 15 is 0 Å². The quantitative estimate of drug-likeness (QED) is 0.550. The summed E-state index contributed by atoms with van der Waals surface area (Å²) in [5.74, 6) is -0.114. The normalized spacial score (nSPS) is 11.4. The molecule has 152 valence electrons. The molecule has 0 bridgehead atoms. The molecule has 3 aromatic carbocycles. The molecule has 3 nitrogen and oxygen atoms in total. The van der Waals surface area contributed by atoms with Gasteiger partial charge in [-0.25, -0.2) is 0 Å². The van der Waals surface area contributed by atoms with Gasteiger partial charge in [0.2, 0.25) is 5.91 Å². The minimum atomic E-state index is -0.706. The number of nitrogens with zero attached hydrogens (tertiary/aromatic N) is 1. The summed E-state index contributed by atoms with van der Waals surface area (Å²) < 4.78 is 0. The number of nitrogens with two attached hydrogens (primary N) is 1. The molecule has 2 N–H and O–H groups in total. The van der Waals surface area contributed by atoms with Gasteiger partial charge in [-0.05, 0) is 66.8 Å². The molecule has 0 spiro atoms. The Labute approximate surface area is 183 Å². The van der Waals surface area contributed by atoms with Crippen LogP contribution >= 0.6 is 24.0 Å². The van der Waals surface area contributed by atoms with E-state index in [9.17, 15) is 4.79 Å². The Bertz CT molecular complexity index is 960. The predicted molar refractivity (Wildman–Crippen MR) is 124 cm³/mol. The average Bonchev–Trinajstić information content (AvgIpc) is 2.70. The van der Waals surface area contributed by atoms with Gasteiger partial charge in [0.05, 0.1) is 0 Å². The van der Waals surface area contributed by atoms with Gasteiger partial charge in [-0.2, -0.15) is 0 Å². The minimum Gasteiger partial charge on any atom is -0.316 e. The minimum absolute atomic E-state index is 0. The molecule has 1 unspecified atom stereocenters. The number of hydrogen-bond donors (Lipinski definition) is 1. The van der Waals surface area contributed by atoms with Crippen LogP contribution in [-0.2, 0) is 11.2 Å². The lowest BCUT2D eigenvalue weighted by Crippen LogP contribution is -2.40. The van der Waals surface area contributed by atoms with E-state index in [0.717, 1.165) is 22.4 Å². The molecule has 29 heavy (non-hydrogen) atoms. The molecule has 1 atom stereocenters. The topological polar surface area (TPSA) is 46.3 Å². The number of amides is 1. The second-order valence-corrected chi connectivity index (χ2v) is 7.46. The molecule has 0 aromatic heterocycles. The maximum atomic E-state index is 13.3. The van der Waals surface area contributed by atoms with Gasteiger partial charge in [0, 0.05) is 17.3 Å². The van der Waals surface area contributed by atoms with E-state index in [1.54, 1.807) is 4.90 Å². The third-order valence-corrected chi connectivity index (χ3v) is 5.24. The van der Waals surface area contributed by atoms with Gasteiger partial charge in [0.25, 0.3) is 0 Å². The van der Waals surface area contributed by atoms with Crippen molar-refractivity contribution in [3.63, 3.8) is 0 Å². The second-order valence-electron chi connectivity index (χ2n) is 7.03. The molecule has 0 aliphatic heterocycles. The Balaban J connectivity index is 0.00000300. The Hall–Kier alpha value is -2.33. The number of anilines is 1. The second kappa shape index (κ2) is 10.4. The highest BCUT2D eigenvalue weighted by Gasteiger charge is 2.24. The van der Waals surface area contributed by atoms with Gasteiger partial charge < -0.3 is 10.6 Å². The van der Waals surface area contributed by atoms with Gasteiger partial charge in [-0.3, -0.25) is 4.79 Å². The van der Waals surface area contributed by atoms with Gasteiger partial charge in [-0.15, -0.1) is 12.4 Å². The third-order valence-electron chi connectivity index (χ3n) is 5.01. The molecule has 0 saturated heterocycles. The van der Waals surface area contributed by atoms with E-state index < -0.39 is 6.04 Å². The molecule has 3 rings (SSSR count). The number of hydrogen-bond acceptors (Lipinski definition) is 2. The molecule has 5 heteroatoms. The van der Waals surface area contributed by atoms with Crippen LogP contribution in [0.5, 0.6) is 0 Å². The molecular weight excluding hydrogens is 403 g/mol. The monoisotopic (exact) mass is 428 g/mol. The smallest absolute Gasteiger partial charge is 0.248 e. The lowest BCUT2D eigenvalue weighted by molar-refractivity contribution is -0.120. The number of rotatable bonds is 6. The summed E-state index contributed by atoms with van der Waals surface area (Å²) in [6.45, 7) is 4.64. The van der Waals surface area contributed by atoms with Crippen molar-refractivity contribution in [3.8, 4) is 0 Å². The summed E-state index contributed by atoms with van der Waals surface area (Å²) in [4.78, 5) is 15.1. The number of carbonyl (C=O) groups is 1. The van der Waals surface area contributed by atoms with Crippen molar-refractivity contribution in [2.45, 2.75) is 26.3 Å². The Kier molecular flexibility index (Phi) is 8.27. The first-order valence-electron chi connectivity index (χ1n) is 9.39. The first kappa shape index (κ1) is 23.0.